The summed E-state index contributed by atoms with van der Waals surface area (Å²) in [7, 11) is 0. The first-order valence-electron chi connectivity index (χ1n) is 17.4. The fourth-order valence-electron chi connectivity index (χ4n) is 5.94. The van der Waals surface area contributed by atoms with Crippen molar-refractivity contribution in [2.45, 2.75) is 6.42 Å². The molecule has 0 atom stereocenters. The van der Waals surface area contributed by atoms with Crippen molar-refractivity contribution in [3.8, 4) is 0 Å². The molecule has 0 unspecified atom stereocenters. The third-order valence-corrected chi connectivity index (χ3v) is 8.58. The van der Waals surface area contributed by atoms with E-state index in [-0.39, 0.29) is 32.0 Å². The number of benzene rings is 7. The van der Waals surface area contributed by atoms with Crippen molar-refractivity contribution in [3.05, 3.63) is 192 Å². The highest BCUT2D eigenvalue weighted by Gasteiger charge is 2.15. The smallest absolute Gasteiger partial charge is 0.338 e. The van der Waals surface area contributed by atoms with E-state index >= 15 is 0 Å². The minimum Gasteiger partial charge on any atom is -0.477 e. The van der Waals surface area contributed by atoms with Crippen LogP contribution >= 0.6 is 0 Å². The molecule has 7 aromatic rings. The van der Waals surface area contributed by atoms with Crippen LogP contribution in [0.4, 0.5) is 11.4 Å². The van der Waals surface area contributed by atoms with Crippen molar-refractivity contribution in [2.24, 2.45) is 9.98 Å². The summed E-state index contributed by atoms with van der Waals surface area (Å²) in [5.41, 5.74) is 3.99. The maximum absolute atomic E-state index is 13.2. The maximum Gasteiger partial charge on any atom is 0.338 e. The van der Waals surface area contributed by atoms with Gasteiger partial charge in [0.25, 0.3) is 0 Å². The quantitative estimate of drug-likeness (QED) is 0.0417. The predicted octanol–water partition coefficient (Wildman–Crippen LogP) is 10.3. The molecule has 0 saturated carbocycles. The minimum absolute atomic E-state index is 0.0129. The number of fused-ring (bicyclic) bond motifs is 2. The van der Waals surface area contributed by atoms with E-state index in [9.17, 15) is 9.59 Å². The number of Topliss-reactive ketones (excluding diaryl/α,β-unsaturated/α-hetero) is 1. The Morgan fingerprint density at radius 3 is 1.40 bits per heavy atom. The Labute approximate surface area is 307 Å². The van der Waals surface area contributed by atoms with E-state index in [0.717, 1.165) is 44.0 Å². The molecule has 0 fully saturated rings. The second-order valence-electron chi connectivity index (χ2n) is 12.1. The number of nitrogens with zero attached hydrogens (tertiary/aromatic N) is 2. The van der Waals surface area contributed by atoms with Gasteiger partial charge in [-0.25, -0.2) is 14.8 Å². The zero-order chi connectivity index (χ0) is 36.2. The number of hydrogen-bond donors (Lipinski definition) is 0. The molecule has 0 aromatic heterocycles. The Morgan fingerprint density at radius 2 is 0.849 bits per heavy atom. The van der Waals surface area contributed by atoms with Gasteiger partial charge in [0.05, 0.1) is 23.5 Å². The van der Waals surface area contributed by atoms with Crippen molar-refractivity contribution in [1.82, 2.24) is 0 Å². The molecule has 0 radical (unpaired) electrons. The second-order valence-corrected chi connectivity index (χ2v) is 12.1. The summed E-state index contributed by atoms with van der Waals surface area (Å²) < 4.78 is 17.8. The Morgan fingerprint density at radius 1 is 0.415 bits per heavy atom. The van der Waals surface area contributed by atoms with Crippen LogP contribution in [0.2, 0.25) is 0 Å². The van der Waals surface area contributed by atoms with Crippen molar-refractivity contribution < 1.29 is 23.8 Å². The van der Waals surface area contributed by atoms with Crippen LogP contribution in [0.3, 0.4) is 0 Å². The van der Waals surface area contributed by atoms with Crippen LogP contribution in [-0.4, -0.2) is 43.4 Å². The highest BCUT2D eigenvalue weighted by atomic mass is 16.6. The van der Waals surface area contributed by atoms with E-state index in [1.54, 1.807) is 24.3 Å². The van der Waals surface area contributed by atoms with Gasteiger partial charge in [0.1, 0.15) is 13.2 Å². The van der Waals surface area contributed by atoms with Gasteiger partial charge in [0.15, 0.2) is 5.78 Å². The zero-order valence-electron chi connectivity index (χ0n) is 28.9. The SMILES string of the molecule is O=C(CCO/C(=N/c1ccccc1)c1cccc2ccccc12)c1ccc(C(=O)OCCO/C(=N/c2ccccc2)c2cccc3ccccc23)cc1. The van der Waals surface area contributed by atoms with Gasteiger partial charge in [-0.2, -0.15) is 0 Å². The molecule has 7 aromatic carbocycles. The molecule has 0 heterocycles. The first-order chi connectivity index (χ1) is 26.1. The van der Waals surface area contributed by atoms with Crippen molar-refractivity contribution >= 4 is 56.5 Å². The minimum atomic E-state index is -0.514. The number of ether oxygens (including phenoxy) is 3. The number of rotatable bonds is 12. The van der Waals surface area contributed by atoms with Crippen molar-refractivity contribution in [3.63, 3.8) is 0 Å². The molecule has 0 bridgehead atoms. The lowest BCUT2D eigenvalue weighted by Gasteiger charge is -2.13. The molecule has 7 heteroatoms. The summed E-state index contributed by atoms with van der Waals surface area (Å²) in [5, 5.41) is 4.15. The molecular formula is C46H36N2O5. The number of hydrogen-bond acceptors (Lipinski definition) is 7. The van der Waals surface area contributed by atoms with Gasteiger partial charge in [0, 0.05) is 23.1 Å². The molecule has 0 aliphatic rings. The summed E-state index contributed by atoms with van der Waals surface area (Å²) in [4.78, 5) is 35.6. The molecule has 0 spiro atoms. The van der Waals surface area contributed by atoms with Crippen molar-refractivity contribution in [1.29, 1.82) is 0 Å². The molecule has 7 rings (SSSR count). The first kappa shape index (κ1) is 34.6. The summed E-state index contributed by atoms with van der Waals surface area (Å²) >= 11 is 0. The molecule has 53 heavy (non-hydrogen) atoms. The third-order valence-electron chi connectivity index (χ3n) is 8.58. The largest absolute Gasteiger partial charge is 0.477 e. The van der Waals surface area contributed by atoms with Crippen molar-refractivity contribution in [2.75, 3.05) is 19.8 Å². The molecule has 0 aliphatic heterocycles. The monoisotopic (exact) mass is 696 g/mol. The van der Waals surface area contributed by atoms with E-state index < -0.39 is 5.97 Å². The summed E-state index contributed by atoms with van der Waals surface area (Å²) in [6, 6.07) is 53.6. The van der Waals surface area contributed by atoms with Gasteiger partial charge >= 0.3 is 5.97 Å². The van der Waals surface area contributed by atoms with E-state index in [0.29, 0.717) is 22.9 Å². The van der Waals surface area contributed by atoms with E-state index in [1.165, 1.54) is 0 Å². The highest BCUT2D eigenvalue weighted by molar-refractivity contribution is 6.09. The fourth-order valence-corrected chi connectivity index (χ4v) is 5.94. The Balaban J connectivity index is 0.955. The zero-order valence-corrected chi connectivity index (χ0v) is 28.9. The number of esters is 1. The number of carbonyl (C=O) groups is 2. The van der Waals surface area contributed by atoms with Crippen LogP contribution in [-0.2, 0) is 14.2 Å². The van der Waals surface area contributed by atoms with Gasteiger partial charge in [-0.1, -0.05) is 121 Å². The standard InChI is InChI=1S/C46H36N2O5/c49-43(29-30-51-44(47-37-17-3-1-4-18-37)41-23-11-15-33-13-7-9-21-39(33)41)35-25-27-36(28-26-35)46(50)53-32-31-52-45(48-38-19-5-2-6-20-38)42-24-12-16-34-14-8-10-22-40(34)42/h1-28H,29-32H2/b47-44+,48-45+. The molecule has 7 nitrogen and oxygen atoms in total. The van der Waals surface area contributed by atoms with E-state index in [4.69, 9.17) is 24.2 Å². The molecule has 0 N–H and O–H groups in total. The Kier molecular flexibility index (Phi) is 11.0. The van der Waals surface area contributed by atoms with E-state index in [1.807, 2.05) is 146 Å². The summed E-state index contributed by atoms with van der Waals surface area (Å²) in [6.07, 6.45) is 0.128. The fraction of sp³-hybridized carbons (Fsp3) is 0.0870. The Hall–Kier alpha value is -6.86. The third kappa shape index (κ3) is 8.72. The number of para-hydroxylation sites is 2. The number of carbonyl (C=O) groups excluding carboxylic acids is 2. The second kappa shape index (κ2) is 16.9. The van der Waals surface area contributed by atoms with Crippen LogP contribution in [0.15, 0.2) is 180 Å². The highest BCUT2D eigenvalue weighted by Crippen LogP contribution is 2.24. The average molecular weight is 697 g/mol. The maximum atomic E-state index is 13.2. The van der Waals surface area contributed by atoms with E-state index in [2.05, 4.69) is 0 Å². The summed E-state index contributed by atoms with van der Waals surface area (Å²) in [5.74, 6) is 0.249. The summed E-state index contributed by atoms with van der Waals surface area (Å²) in [6.45, 7) is 0.246. The van der Waals surface area contributed by atoms with Gasteiger partial charge in [-0.15, -0.1) is 0 Å². The van der Waals surface area contributed by atoms with Crippen LogP contribution in [0.1, 0.15) is 38.3 Å². The molecular weight excluding hydrogens is 661 g/mol. The van der Waals surface area contributed by atoms with Gasteiger partial charge in [-0.3, -0.25) is 4.79 Å². The average Bonchev–Trinajstić information content (AvgIpc) is 3.22. The number of ketones is 1. The normalized spacial score (nSPS) is 11.7. The van der Waals surface area contributed by atoms with Crippen LogP contribution in [0.25, 0.3) is 21.5 Å². The molecule has 260 valence electrons. The number of aliphatic imine (C=N–C) groups is 2. The topological polar surface area (TPSA) is 86.5 Å². The first-order valence-corrected chi connectivity index (χ1v) is 17.4. The van der Waals surface area contributed by atoms with Gasteiger partial charge < -0.3 is 14.2 Å². The molecule has 0 aliphatic carbocycles. The lowest BCUT2D eigenvalue weighted by Crippen LogP contribution is -2.15. The van der Waals surface area contributed by atoms with Crippen LogP contribution in [0.5, 0.6) is 0 Å². The lowest BCUT2D eigenvalue weighted by molar-refractivity contribution is 0.0443. The lowest BCUT2D eigenvalue weighted by atomic mass is 10.0. The van der Waals surface area contributed by atoms with Gasteiger partial charge in [0.2, 0.25) is 11.8 Å². The van der Waals surface area contributed by atoms with Crippen LogP contribution in [0, 0.1) is 0 Å². The molecule has 0 saturated heterocycles. The molecule has 0 amide bonds. The van der Waals surface area contributed by atoms with Crippen LogP contribution < -0.4 is 0 Å². The Bertz CT molecular complexity index is 2400. The van der Waals surface area contributed by atoms with Gasteiger partial charge in [-0.05, 0) is 70.1 Å². The predicted molar refractivity (Wildman–Crippen MR) is 211 cm³/mol.